The molecule has 0 unspecified atom stereocenters. The molecule has 0 aliphatic heterocycles. The van der Waals surface area contributed by atoms with E-state index in [4.69, 9.17) is 0 Å². The zero-order valence-corrected chi connectivity index (χ0v) is 18.9. The van der Waals surface area contributed by atoms with E-state index in [9.17, 15) is 8.42 Å². The van der Waals surface area contributed by atoms with Crippen LogP contribution >= 0.6 is 0 Å². The highest BCUT2D eigenvalue weighted by Gasteiger charge is 2.19. The lowest BCUT2D eigenvalue weighted by Gasteiger charge is -2.08. The number of imidazole rings is 1. The van der Waals surface area contributed by atoms with Gasteiger partial charge in [0.25, 0.3) is 10.0 Å². The maximum atomic E-state index is 13.0. The molecule has 3 aromatic rings. The number of nitrogens with zero attached hydrogens (tertiary/aromatic N) is 2. The molecule has 1 heterocycles. The number of rotatable bonds is 13. The minimum atomic E-state index is -3.63. The van der Waals surface area contributed by atoms with Gasteiger partial charge < -0.3 is 0 Å². The van der Waals surface area contributed by atoms with Crippen molar-refractivity contribution in [2.24, 2.45) is 0 Å². The molecule has 0 N–H and O–H groups in total. The second kappa shape index (κ2) is 11.3. The summed E-state index contributed by atoms with van der Waals surface area (Å²) in [7, 11) is -3.63. The van der Waals surface area contributed by atoms with Crippen LogP contribution in [-0.2, 0) is 16.4 Å². The molecule has 0 aliphatic carbocycles. The molecule has 0 bridgehead atoms. The number of hydrogen-bond acceptors (Lipinski definition) is 3. The summed E-state index contributed by atoms with van der Waals surface area (Å²) >= 11 is 0. The summed E-state index contributed by atoms with van der Waals surface area (Å²) in [5.41, 5.74) is 2.48. The first kappa shape index (κ1) is 22.5. The molecule has 0 saturated carbocycles. The van der Waals surface area contributed by atoms with E-state index in [1.807, 2.05) is 30.3 Å². The molecule has 0 fully saturated rings. The first-order valence-electron chi connectivity index (χ1n) is 11.4. The molecule has 5 heteroatoms. The van der Waals surface area contributed by atoms with Gasteiger partial charge in [-0.05, 0) is 42.7 Å². The van der Waals surface area contributed by atoms with E-state index in [1.54, 1.807) is 18.2 Å². The van der Waals surface area contributed by atoms with Crippen molar-refractivity contribution in [3.63, 3.8) is 0 Å². The average Bonchev–Trinajstić information content (AvgIpc) is 3.20. The van der Waals surface area contributed by atoms with Crippen LogP contribution in [0.1, 0.15) is 76.7 Å². The molecule has 0 atom stereocenters. The minimum absolute atomic E-state index is 0.303. The van der Waals surface area contributed by atoms with Gasteiger partial charge >= 0.3 is 0 Å². The Morgan fingerprint density at radius 2 is 1.37 bits per heavy atom. The predicted molar refractivity (Wildman–Crippen MR) is 124 cm³/mol. The van der Waals surface area contributed by atoms with Gasteiger partial charge in [-0.1, -0.05) is 89.0 Å². The van der Waals surface area contributed by atoms with Crippen molar-refractivity contribution in [3.8, 4) is 0 Å². The lowest BCUT2D eigenvalue weighted by Crippen LogP contribution is -2.11. The van der Waals surface area contributed by atoms with Gasteiger partial charge in [0.15, 0.2) is 0 Å². The average molecular weight is 427 g/mol. The maximum Gasteiger partial charge on any atom is 0.269 e. The van der Waals surface area contributed by atoms with E-state index in [0.29, 0.717) is 15.9 Å². The van der Waals surface area contributed by atoms with E-state index >= 15 is 0 Å². The summed E-state index contributed by atoms with van der Waals surface area (Å²) in [4.78, 5) is 4.50. The van der Waals surface area contributed by atoms with Gasteiger partial charge in [-0.3, -0.25) is 0 Å². The minimum Gasteiger partial charge on any atom is -0.236 e. The fraction of sp³-hybridized carbons (Fsp3) is 0.480. The Bertz CT molecular complexity index is 1010. The fourth-order valence-corrected chi connectivity index (χ4v) is 5.18. The smallest absolute Gasteiger partial charge is 0.236 e. The Labute approximate surface area is 181 Å². The molecule has 0 spiro atoms. The highest BCUT2D eigenvalue weighted by atomic mass is 32.2. The topological polar surface area (TPSA) is 52.0 Å². The molecule has 3 rings (SSSR count). The van der Waals surface area contributed by atoms with Crippen LogP contribution in [0.5, 0.6) is 0 Å². The van der Waals surface area contributed by atoms with Crippen LogP contribution in [0.15, 0.2) is 59.8 Å². The van der Waals surface area contributed by atoms with Crippen molar-refractivity contribution in [1.29, 1.82) is 0 Å². The highest BCUT2D eigenvalue weighted by Crippen LogP contribution is 2.21. The Hall–Kier alpha value is -2.14. The van der Waals surface area contributed by atoms with E-state index in [2.05, 4.69) is 11.9 Å². The van der Waals surface area contributed by atoms with Crippen molar-refractivity contribution in [1.82, 2.24) is 8.96 Å². The van der Waals surface area contributed by atoms with Gasteiger partial charge in [0.05, 0.1) is 15.9 Å². The van der Waals surface area contributed by atoms with Gasteiger partial charge in [-0.2, -0.15) is 0 Å². The molecule has 0 amide bonds. The van der Waals surface area contributed by atoms with Crippen LogP contribution in [0.3, 0.4) is 0 Å². The molecule has 2 aromatic carbocycles. The lowest BCUT2D eigenvalue weighted by molar-refractivity contribution is 0.556. The molecule has 0 saturated heterocycles. The number of unbranched alkanes of at least 4 members (excludes halogenated alkanes) is 9. The molecule has 0 radical (unpaired) electrons. The number of hydrogen-bond donors (Lipinski definition) is 0. The molecule has 0 aliphatic rings. The van der Waals surface area contributed by atoms with E-state index in [0.717, 1.165) is 12.8 Å². The second-order valence-corrected chi connectivity index (χ2v) is 9.93. The number of para-hydroxylation sites is 2. The van der Waals surface area contributed by atoms with E-state index in [1.165, 1.54) is 73.7 Å². The van der Waals surface area contributed by atoms with Crippen molar-refractivity contribution < 1.29 is 8.42 Å². The lowest BCUT2D eigenvalue weighted by atomic mass is 10.0. The zero-order valence-electron chi connectivity index (χ0n) is 18.1. The van der Waals surface area contributed by atoms with Crippen molar-refractivity contribution in [2.75, 3.05) is 0 Å². The van der Waals surface area contributed by atoms with Crippen LogP contribution in [0, 0.1) is 0 Å². The SMILES string of the molecule is CCCCCCCCCCCCc1ccc(S(=O)(=O)n2cnc3ccccc32)cc1. The van der Waals surface area contributed by atoms with E-state index in [-0.39, 0.29) is 0 Å². The monoisotopic (exact) mass is 426 g/mol. The number of fused-ring (bicyclic) bond motifs is 1. The first-order valence-corrected chi connectivity index (χ1v) is 12.8. The summed E-state index contributed by atoms with van der Waals surface area (Å²) < 4.78 is 27.2. The molecule has 30 heavy (non-hydrogen) atoms. The Morgan fingerprint density at radius 1 is 0.767 bits per heavy atom. The molecular weight excluding hydrogens is 392 g/mol. The van der Waals surface area contributed by atoms with Crippen molar-refractivity contribution >= 4 is 21.1 Å². The number of aromatic nitrogens is 2. The summed E-state index contributed by atoms with van der Waals surface area (Å²) in [5.74, 6) is 0. The Kier molecular flexibility index (Phi) is 8.50. The predicted octanol–water partition coefficient (Wildman–Crippen LogP) is 6.74. The van der Waals surface area contributed by atoms with Crippen LogP contribution in [0.4, 0.5) is 0 Å². The first-order chi connectivity index (χ1) is 14.6. The standard InChI is InChI=1S/C25H34N2O2S/c1-2-3-4-5-6-7-8-9-10-11-14-22-17-19-23(20-18-22)30(28,29)27-21-26-24-15-12-13-16-25(24)27/h12-13,15-21H,2-11,14H2,1H3. The van der Waals surface area contributed by atoms with Crippen LogP contribution in [-0.4, -0.2) is 17.4 Å². The molecule has 4 nitrogen and oxygen atoms in total. The molecular formula is C25H34N2O2S. The van der Waals surface area contributed by atoms with Gasteiger partial charge in [0, 0.05) is 0 Å². The van der Waals surface area contributed by atoms with Gasteiger partial charge in [-0.15, -0.1) is 0 Å². The molecule has 162 valence electrons. The summed E-state index contributed by atoms with van der Waals surface area (Å²) in [5, 5.41) is 0. The third-order valence-corrected chi connectivity index (χ3v) is 7.40. The third-order valence-electron chi connectivity index (χ3n) is 5.72. The summed E-state index contributed by atoms with van der Waals surface area (Å²) in [6, 6.07) is 14.6. The van der Waals surface area contributed by atoms with Crippen LogP contribution in [0.25, 0.3) is 11.0 Å². The maximum absolute atomic E-state index is 13.0. The Morgan fingerprint density at radius 3 is 2.03 bits per heavy atom. The van der Waals surface area contributed by atoms with Crippen molar-refractivity contribution in [3.05, 3.63) is 60.4 Å². The van der Waals surface area contributed by atoms with Crippen LogP contribution < -0.4 is 0 Å². The van der Waals surface area contributed by atoms with Crippen LogP contribution in [0.2, 0.25) is 0 Å². The van der Waals surface area contributed by atoms with Gasteiger partial charge in [-0.25, -0.2) is 17.4 Å². The van der Waals surface area contributed by atoms with Crippen molar-refractivity contribution in [2.45, 2.75) is 82.4 Å². The highest BCUT2D eigenvalue weighted by molar-refractivity contribution is 7.90. The fourth-order valence-electron chi connectivity index (χ4n) is 3.89. The quantitative estimate of drug-likeness (QED) is 0.284. The number of aryl methyl sites for hydroxylation is 1. The third kappa shape index (κ3) is 5.94. The number of benzene rings is 2. The normalized spacial score (nSPS) is 11.9. The van der Waals surface area contributed by atoms with Gasteiger partial charge in [0.1, 0.15) is 6.33 Å². The zero-order chi connectivity index (χ0) is 21.2. The Balaban J connectivity index is 1.45. The summed E-state index contributed by atoms with van der Waals surface area (Å²) in [6.45, 7) is 2.26. The summed E-state index contributed by atoms with van der Waals surface area (Å²) in [6.07, 6.45) is 15.6. The largest absolute Gasteiger partial charge is 0.269 e. The second-order valence-electron chi connectivity index (χ2n) is 8.11. The molecule has 1 aromatic heterocycles. The van der Waals surface area contributed by atoms with E-state index < -0.39 is 10.0 Å². The van der Waals surface area contributed by atoms with Gasteiger partial charge in [0.2, 0.25) is 0 Å².